The average molecular weight is 565 g/mol. The van der Waals surface area contributed by atoms with Gasteiger partial charge >= 0.3 is 0 Å². The molecule has 0 bridgehead atoms. The predicted molar refractivity (Wildman–Crippen MR) is 156 cm³/mol. The number of amides is 2. The summed E-state index contributed by atoms with van der Waals surface area (Å²) in [4.78, 5) is 36.3. The second-order valence-electron chi connectivity index (χ2n) is 16.6. The van der Waals surface area contributed by atoms with Crippen LogP contribution in [0.5, 0.6) is 0 Å². The number of rotatable bonds is 4. The van der Waals surface area contributed by atoms with E-state index in [-0.39, 0.29) is 47.1 Å². The highest BCUT2D eigenvalue weighted by Gasteiger charge is 2.65. The first-order valence-electron chi connectivity index (χ1n) is 14.9. The van der Waals surface area contributed by atoms with Crippen molar-refractivity contribution >= 4 is 11.8 Å². The van der Waals surface area contributed by atoms with E-state index in [4.69, 9.17) is 9.47 Å². The lowest BCUT2D eigenvalue weighted by Crippen LogP contribution is -2.66. The number of hydrogen-bond acceptors (Lipinski definition) is 7. The van der Waals surface area contributed by atoms with Gasteiger partial charge in [-0.3, -0.25) is 19.4 Å². The zero-order valence-corrected chi connectivity index (χ0v) is 27.7. The molecule has 4 rings (SSSR count). The largest absolute Gasteiger partial charge is 0.389 e. The van der Waals surface area contributed by atoms with Crippen molar-refractivity contribution in [2.75, 3.05) is 27.2 Å². The second-order valence-corrected chi connectivity index (χ2v) is 16.6. The first-order chi connectivity index (χ1) is 17.7. The minimum absolute atomic E-state index is 0.0793. The number of piperidine rings is 2. The first kappa shape index (κ1) is 31.7. The number of carbonyl (C=O) groups is 2. The molecule has 0 aromatic heterocycles. The van der Waals surface area contributed by atoms with Gasteiger partial charge in [-0.05, 0) is 97.2 Å². The van der Waals surface area contributed by atoms with Crippen LogP contribution in [0.1, 0.15) is 109 Å². The van der Waals surface area contributed by atoms with Gasteiger partial charge < -0.3 is 24.4 Å². The molecule has 0 saturated carbocycles. The van der Waals surface area contributed by atoms with E-state index in [1.54, 1.807) is 9.80 Å². The number of nitrogens with zero attached hydrogens (tertiary/aromatic N) is 4. The van der Waals surface area contributed by atoms with Gasteiger partial charge in [0.25, 0.3) is 11.8 Å². The van der Waals surface area contributed by atoms with Crippen molar-refractivity contribution in [3.05, 3.63) is 0 Å². The van der Waals surface area contributed by atoms with Crippen molar-refractivity contribution in [1.29, 1.82) is 0 Å². The summed E-state index contributed by atoms with van der Waals surface area (Å²) >= 11 is 0. The Morgan fingerprint density at radius 2 is 0.850 bits per heavy atom. The van der Waals surface area contributed by atoms with Crippen LogP contribution < -0.4 is 0 Å². The summed E-state index contributed by atoms with van der Waals surface area (Å²) in [6, 6.07) is 0. The van der Waals surface area contributed by atoms with Gasteiger partial charge in [0.15, 0.2) is 11.2 Å². The first-order valence-corrected chi connectivity index (χ1v) is 14.9. The molecule has 2 spiro atoms. The molecule has 9 heteroatoms. The fourth-order valence-electron chi connectivity index (χ4n) is 8.70. The Balaban J connectivity index is 1.55. The van der Waals surface area contributed by atoms with Crippen molar-refractivity contribution in [3.63, 3.8) is 0 Å². The third-order valence-electron chi connectivity index (χ3n) is 10.8. The molecular formula is C31H56N4O5. The predicted octanol–water partition coefficient (Wildman–Crippen LogP) is 3.58. The van der Waals surface area contributed by atoms with E-state index in [9.17, 15) is 14.7 Å². The Morgan fingerprint density at radius 3 is 1.10 bits per heavy atom. The Hall–Kier alpha value is -1.26. The summed E-state index contributed by atoms with van der Waals surface area (Å²) in [5, 5.41) is 11.4. The molecule has 0 aromatic rings. The molecule has 0 aliphatic carbocycles. The Morgan fingerprint density at radius 1 is 0.600 bits per heavy atom. The molecule has 230 valence electrons. The summed E-state index contributed by atoms with van der Waals surface area (Å²) < 4.78 is 13.3. The van der Waals surface area contributed by atoms with Gasteiger partial charge in [0, 0.05) is 47.8 Å². The van der Waals surface area contributed by atoms with Crippen molar-refractivity contribution < 1.29 is 24.2 Å². The van der Waals surface area contributed by atoms with Gasteiger partial charge in [0.1, 0.15) is 11.4 Å². The SMILES string of the molecule is CN1C(C)(C)CC2(CC1(C)C)OC(C)(C)N(CC(O)CN1C(=O)C3(CC(C)(C)N(C)C(C)(C)C3)OC1(C)C)C2=O. The van der Waals surface area contributed by atoms with Crippen LogP contribution in [0.4, 0.5) is 0 Å². The minimum atomic E-state index is -0.955. The molecule has 1 N–H and O–H groups in total. The molecule has 9 nitrogen and oxygen atoms in total. The highest BCUT2D eigenvalue weighted by Crippen LogP contribution is 2.52. The van der Waals surface area contributed by atoms with E-state index in [1.165, 1.54) is 0 Å². The molecule has 0 unspecified atom stereocenters. The van der Waals surface area contributed by atoms with Crippen molar-refractivity contribution in [2.45, 2.75) is 160 Å². The third kappa shape index (κ3) is 4.81. The average Bonchev–Trinajstić information content (AvgIpc) is 3.02. The van der Waals surface area contributed by atoms with Gasteiger partial charge in [-0.1, -0.05) is 0 Å². The zero-order chi connectivity index (χ0) is 30.7. The van der Waals surface area contributed by atoms with Crippen LogP contribution in [0.15, 0.2) is 0 Å². The maximum Gasteiger partial charge on any atom is 0.257 e. The Kier molecular flexibility index (Phi) is 7.03. The fourth-order valence-corrected chi connectivity index (χ4v) is 8.70. The van der Waals surface area contributed by atoms with Crippen LogP contribution in [0.2, 0.25) is 0 Å². The van der Waals surface area contributed by atoms with Crippen LogP contribution in [0.25, 0.3) is 0 Å². The van der Waals surface area contributed by atoms with Crippen molar-refractivity contribution in [2.24, 2.45) is 0 Å². The lowest BCUT2D eigenvalue weighted by Gasteiger charge is -2.56. The van der Waals surface area contributed by atoms with Crippen LogP contribution in [-0.4, -0.2) is 115 Å². The number of likely N-dealkylation sites (tertiary alicyclic amines) is 2. The Labute approximate surface area is 242 Å². The van der Waals surface area contributed by atoms with E-state index in [0.29, 0.717) is 25.7 Å². The standard InChI is InChI=1S/C31H56N4O5/c1-24(2)17-30(18-25(3,4)32(24)13)22(37)34(28(9,10)39-30)15-21(36)16-35-23(38)31(40-29(35,11)12)19-26(5,6)33(14)27(7,8)20-31/h21,36H,15-20H2,1-14H3. The van der Waals surface area contributed by atoms with Gasteiger partial charge in [-0.25, -0.2) is 0 Å². The molecule has 2 amide bonds. The number of β-amino-alcohol motifs (C(OH)–C–C–N with tert-alkyl or cyclic N) is 1. The van der Waals surface area contributed by atoms with Gasteiger partial charge in [0.05, 0.1) is 19.2 Å². The van der Waals surface area contributed by atoms with E-state index in [0.717, 1.165) is 0 Å². The zero-order valence-electron chi connectivity index (χ0n) is 27.7. The number of aliphatic hydroxyl groups excluding tert-OH is 1. The van der Waals surface area contributed by atoms with Crippen LogP contribution in [-0.2, 0) is 19.1 Å². The van der Waals surface area contributed by atoms with Gasteiger partial charge in [-0.15, -0.1) is 0 Å². The highest BCUT2D eigenvalue weighted by molar-refractivity contribution is 5.89. The lowest BCUT2D eigenvalue weighted by molar-refractivity contribution is -0.183. The molecular weight excluding hydrogens is 508 g/mol. The van der Waals surface area contributed by atoms with Crippen molar-refractivity contribution in [1.82, 2.24) is 19.6 Å². The number of hydrogen-bond donors (Lipinski definition) is 1. The summed E-state index contributed by atoms with van der Waals surface area (Å²) in [6.07, 6.45) is 1.33. The number of carbonyl (C=O) groups excluding carboxylic acids is 2. The van der Waals surface area contributed by atoms with Gasteiger partial charge in [-0.2, -0.15) is 0 Å². The van der Waals surface area contributed by atoms with E-state index in [1.807, 2.05) is 27.7 Å². The van der Waals surface area contributed by atoms with Crippen molar-refractivity contribution in [3.8, 4) is 0 Å². The topological polar surface area (TPSA) is 85.8 Å². The van der Waals surface area contributed by atoms with E-state index in [2.05, 4.69) is 79.3 Å². The minimum Gasteiger partial charge on any atom is -0.389 e. The summed E-state index contributed by atoms with van der Waals surface area (Å²) in [5.41, 5.74) is -4.64. The smallest absolute Gasteiger partial charge is 0.257 e. The quantitative estimate of drug-likeness (QED) is 0.559. The lowest BCUT2D eigenvalue weighted by atomic mass is 9.71. The normalized spacial score (nSPS) is 31.6. The summed E-state index contributed by atoms with van der Waals surface area (Å²) in [6.45, 7) is 25.0. The van der Waals surface area contributed by atoms with E-state index >= 15 is 0 Å². The molecule has 4 heterocycles. The molecule has 0 atom stereocenters. The van der Waals surface area contributed by atoms with E-state index < -0.39 is 28.8 Å². The number of aliphatic hydroxyl groups is 1. The molecule has 4 aliphatic heterocycles. The molecule has 4 saturated heterocycles. The van der Waals surface area contributed by atoms with Crippen LogP contribution >= 0.6 is 0 Å². The third-order valence-corrected chi connectivity index (χ3v) is 10.8. The molecule has 0 radical (unpaired) electrons. The molecule has 4 fully saturated rings. The molecule has 4 aliphatic rings. The second kappa shape index (κ2) is 8.88. The maximum atomic E-state index is 14.1. The maximum absolute atomic E-state index is 14.1. The van der Waals surface area contributed by atoms with Crippen LogP contribution in [0.3, 0.4) is 0 Å². The monoisotopic (exact) mass is 564 g/mol. The van der Waals surface area contributed by atoms with Gasteiger partial charge in [0.2, 0.25) is 0 Å². The Bertz CT molecular complexity index is 944. The molecule has 40 heavy (non-hydrogen) atoms. The molecule has 0 aromatic carbocycles. The fraction of sp³-hybridized carbons (Fsp3) is 0.935. The summed E-state index contributed by atoms with van der Waals surface area (Å²) in [5.74, 6) is -0.159. The summed E-state index contributed by atoms with van der Waals surface area (Å²) in [7, 11) is 4.21. The highest BCUT2D eigenvalue weighted by atomic mass is 16.6. The van der Waals surface area contributed by atoms with Crippen LogP contribution in [0, 0.1) is 0 Å². The number of ether oxygens (including phenoxy) is 2.